The molecule has 0 aliphatic carbocycles. The molecule has 272 valence electrons. The molecule has 0 saturated carbocycles. The van der Waals surface area contributed by atoms with Crippen molar-refractivity contribution in [2.45, 2.75) is 40.5 Å². The van der Waals surface area contributed by atoms with E-state index >= 15 is 8.78 Å². The van der Waals surface area contributed by atoms with E-state index in [1.54, 1.807) is 20.2 Å². The zero-order chi connectivity index (χ0) is 37.2. The summed E-state index contributed by atoms with van der Waals surface area (Å²) in [6.45, 7) is 6.64. The van der Waals surface area contributed by atoms with E-state index in [-0.39, 0.29) is 28.3 Å². The Hall–Kier alpha value is -4.88. The van der Waals surface area contributed by atoms with E-state index in [0.717, 1.165) is 35.7 Å². The number of likely N-dealkylation sites (N-methyl/N-ethyl adjacent to an activating group) is 1. The number of amides is 1. The molecule has 5 rings (SSSR count). The Bertz CT molecular complexity index is 2070. The second-order valence-corrected chi connectivity index (χ2v) is 15.9. The molecule has 1 aliphatic rings. The van der Waals surface area contributed by atoms with Crippen molar-refractivity contribution in [1.29, 1.82) is 0 Å². The molecule has 15 nitrogen and oxygen atoms in total. The standard InChI is InChI=1S/C32H37F2N9O6S2/c1-19-16-25(39-38-19)35-29-28(49-6)30(42-14-12-41(13-15-42)18-26(44)40(4)5)37-31(36-29)50-24-11-10-20(17-22(24)33)51(47,48)32(2,3)21-8-7-9-23(27(21)34)43(45)46/h7-11,16-17H,12-15,18H2,1-6H3,(H2,35,36,37,38,39). The van der Waals surface area contributed by atoms with E-state index in [1.165, 1.54) is 44.1 Å². The number of aromatic nitrogens is 4. The maximum Gasteiger partial charge on any atom is 0.305 e. The van der Waals surface area contributed by atoms with Crippen molar-refractivity contribution in [2.24, 2.45) is 0 Å². The smallest absolute Gasteiger partial charge is 0.305 e. The predicted molar refractivity (Wildman–Crippen MR) is 186 cm³/mol. The van der Waals surface area contributed by atoms with Crippen molar-refractivity contribution in [1.82, 2.24) is 30.0 Å². The van der Waals surface area contributed by atoms with Crippen molar-refractivity contribution >= 4 is 50.6 Å². The van der Waals surface area contributed by atoms with Crippen LogP contribution in [0.15, 0.2) is 57.4 Å². The molecule has 2 N–H and O–H groups in total. The number of nitro groups is 1. The average molecular weight is 746 g/mol. The third-order valence-electron chi connectivity index (χ3n) is 8.42. The van der Waals surface area contributed by atoms with Gasteiger partial charge in [-0.2, -0.15) is 9.49 Å². The molecule has 1 fully saturated rings. The summed E-state index contributed by atoms with van der Waals surface area (Å²) in [6, 6.07) is 8.29. The molecule has 2 aromatic heterocycles. The molecular weight excluding hydrogens is 709 g/mol. The number of hydrogen-bond acceptors (Lipinski definition) is 13. The molecular formula is C32H37F2N9O6S2. The van der Waals surface area contributed by atoms with Crippen LogP contribution < -0.4 is 15.0 Å². The van der Waals surface area contributed by atoms with Crippen molar-refractivity contribution < 1.29 is 31.7 Å². The highest BCUT2D eigenvalue weighted by molar-refractivity contribution is 7.99. The summed E-state index contributed by atoms with van der Waals surface area (Å²) in [7, 11) is 0.415. The number of aromatic amines is 1. The van der Waals surface area contributed by atoms with E-state index in [9.17, 15) is 23.3 Å². The summed E-state index contributed by atoms with van der Waals surface area (Å²) >= 11 is 0.846. The number of nitrogens with zero attached hydrogens (tertiary/aromatic N) is 7. The number of benzene rings is 2. The predicted octanol–water partition coefficient (Wildman–Crippen LogP) is 4.52. The first-order valence-corrected chi connectivity index (χ1v) is 17.9. The van der Waals surface area contributed by atoms with Crippen molar-refractivity contribution in [3.63, 3.8) is 0 Å². The molecule has 0 radical (unpaired) electrons. The van der Waals surface area contributed by atoms with E-state index in [4.69, 9.17) is 9.72 Å². The van der Waals surface area contributed by atoms with Crippen LogP contribution in [0.3, 0.4) is 0 Å². The van der Waals surface area contributed by atoms with Crippen LogP contribution in [-0.2, 0) is 19.4 Å². The van der Waals surface area contributed by atoms with Gasteiger partial charge in [-0.15, -0.1) is 0 Å². The van der Waals surface area contributed by atoms with Crippen LogP contribution in [0.25, 0.3) is 0 Å². The van der Waals surface area contributed by atoms with Crippen molar-refractivity contribution in [3.05, 3.63) is 75.5 Å². The number of rotatable bonds is 12. The molecule has 51 heavy (non-hydrogen) atoms. The number of ether oxygens (including phenoxy) is 1. The number of nitro benzene ring substituents is 1. The first-order valence-electron chi connectivity index (χ1n) is 15.6. The van der Waals surface area contributed by atoms with Crippen LogP contribution in [-0.4, -0.2) is 103 Å². The van der Waals surface area contributed by atoms with Gasteiger partial charge in [0, 0.05) is 63.7 Å². The number of H-pyrrole nitrogens is 1. The lowest BCUT2D eigenvalue weighted by Gasteiger charge is -2.36. The number of carbonyl (C=O) groups is 1. The van der Waals surface area contributed by atoms with E-state index < -0.39 is 47.3 Å². The quantitative estimate of drug-likeness (QED) is 0.118. The molecule has 4 aromatic rings. The monoisotopic (exact) mass is 745 g/mol. The normalized spacial score (nSPS) is 14.0. The number of halogens is 2. The maximum atomic E-state index is 15.8. The summed E-state index contributed by atoms with van der Waals surface area (Å²) in [5.74, 6) is -0.769. The number of sulfone groups is 1. The average Bonchev–Trinajstić information content (AvgIpc) is 3.49. The van der Waals surface area contributed by atoms with Crippen LogP contribution in [0.4, 0.5) is 31.9 Å². The third kappa shape index (κ3) is 7.74. The molecule has 2 aromatic carbocycles. The Morgan fingerprint density at radius 1 is 1.14 bits per heavy atom. The third-order valence-corrected chi connectivity index (χ3v) is 11.8. The largest absolute Gasteiger partial charge is 0.490 e. The zero-order valence-electron chi connectivity index (χ0n) is 28.7. The fourth-order valence-electron chi connectivity index (χ4n) is 5.40. The molecule has 1 amide bonds. The van der Waals surface area contributed by atoms with E-state index in [0.29, 0.717) is 43.6 Å². The minimum atomic E-state index is -4.47. The van der Waals surface area contributed by atoms with Gasteiger partial charge in [0.05, 0.1) is 33.1 Å². The second kappa shape index (κ2) is 14.8. The number of carbonyl (C=O) groups excluding carboxylic acids is 1. The van der Waals surface area contributed by atoms with Crippen LogP contribution in [0, 0.1) is 28.7 Å². The molecule has 1 aliphatic heterocycles. The van der Waals surface area contributed by atoms with Crippen LogP contribution >= 0.6 is 11.8 Å². The minimum Gasteiger partial charge on any atom is -0.490 e. The Labute approximate surface area is 297 Å². The van der Waals surface area contributed by atoms with E-state index in [2.05, 4.69) is 20.5 Å². The number of piperazine rings is 1. The van der Waals surface area contributed by atoms with Gasteiger partial charge in [-0.05, 0) is 50.7 Å². The summed E-state index contributed by atoms with van der Waals surface area (Å²) in [5, 5.41) is 21.6. The van der Waals surface area contributed by atoms with Crippen LogP contribution in [0.2, 0.25) is 0 Å². The Morgan fingerprint density at radius 3 is 2.43 bits per heavy atom. The van der Waals surface area contributed by atoms with Crippen LogP contribution in [0.1, 0.15) is 25.1 Å². The molecule has 3 heterocycles. The lowest BCUT2D eigenvalue weighted by Crippen LogP contribution is -2.49. The lowest BCUT2D eigenvalue weighted by atomic mass is 10.0. The summed E-state index contributed by atoms with van der Waals surface area (Å²) in [4.78, 5) is 37.0. The molecule has 0 atom stereocenters. The van der Waals surface area contributed by atoms with Gasteiger partial charge in [-0.1, -0.05) is 12.1 Å². The van der Waals surface area contributed by atoms with Crippen molar-refractivity contribution in [3.8, 4) is 5.75 Å². The van der Waals surface area contributed by atoms with Gasteiger partial charge in [0.25, 0.3) is 0 Å². The fraction of sp³-hybridized carbons (Fsp3) is 0.375. The molecule has 0 unspecified atom stereocenters. The second-order valence-electron chi connectivity index (χ2n) is 12.4. The highest BCUT2D eigenvalue weighted by Gasteiger charge is 2.41. The Morgan fingerprint density at radius 2 is 1.84 bits per heavy atom. The van der Waals surface area contributed by atoms with Gasteiger partial charge in [-0.25, -0.2) is 22.8 Å². The van der Waals surface area contributed by atoms with Gasteiger partial charge < -0.3 is 19.9 Å². The van der Waals surface area contributed by atoms with Gasteiger partial charge in [0.2, 0.25) is 17.5 Å². The molecule has 1 saturated heterocycles. The number of methoxy groups -OCH3 is 1. The van der Waals surface area contributed by atoms with Gasteiger partial charge >= 0.3 is 5.69 Å². The SMILES string of the molecule is COc1c(Nc2cc(C)[nH]n2)nc(Sc2ccc(S(=O)(=O)C(C)(C)c3cccc([N+](=O)[O-])c3F)cc2F)nc1N1CCN(CC(=O)N(C)C)CC1. The number of nitrogens with one attached hydrogen (secondary N) is 2. The fourth-order valence-corrected chi connectivity index (χ4v) is 7.70. The van der Waals surface area contributed by atoms with Crippen molar-refractivity contribution in [2.75, 3.05) is 64.1 Å². The number of anilines is 3. The Balaban J connectivity index is 1.47. The highest BCUT2D eigenvalue weighted by Crippen LogP contribution is 2.41. The summed E-state index contributed by atoms with van der Waals surface area (Å²) < 4.78 is 62.1. The van der Waals surface area contributed by atoms with Crippen LogP contribution in [0.5, 0.6) is 5.75 Å². The topological polar surface area (TPSA) is 180 Å². The molecule has 19 heteroatoms. The van der Waals surface area contributed by atoms with E-state index in [1.807, 2.05) is 16.7 Å². The minimum absolute atomic E-state index is 0.00187. The number of hydrogen-bond donors (Lipinski definition) is 2. The summed E-state index contributed by atoms with van der Waals surface area (Å²) in [5.41, 5.74) is -0.505. The zero-order valence-corrected chi connectivity index (χ0v) is 30.4. The first-order chi connectivity index (χ1) is 24.0. The Kier molecular flexibility index (Phi) is 10.8. The first kappa shape index (κ1) is 37.4. The van der Waals surface area contributed by atoms with Gasteiger partial charge in [0.15, 0.2) is 32.4 Å². The molecule has 0 spiro atoms. The maximum absolute atomic E-state index is 15.8. The highest BCUT2D eigenvalue weighted by atomic mass is 32.2. The van der Waals surface area contributed by atoms with Gasteiger partial charge in [-0.3, -0.25) is 24.9 Å². The summed E-state index contributed by atoms with van der Waals surface area (Å²) in [6.07, 6.45) is 0. The lowest BCUT2D eigenvalue weighted by molar-refractivity contribution is -0.387. The number of aryl methyl sites for hydroxylation is 1. The van der Waals surface area contributed by atoms with Gasteiger partial charge in [0.1, 0.15) is 5.82 Å². The molecule has 0 bridgehead atoms.